The van der Waals surface area contributed by atoms with E-state index in [4.69, 9.17) is 51.1 Å². The van der Waals surface area contributed by atoms with Crippen LogP contribution in [0.3, 0.4) is 0 Å². The van der Waals surface area contributed by atoms with Crippen molar-refractivity contribution in [1.29, 1.82) is 0 Å². The molecular formula is C19H16Cl4N4O2S. The van der Waals surface area contributed by atoms with Gasteiger partial charge >= 0.3 is 0 Å². The van der Waals surface area contributed by atoms with Crippen LogP contribution in [0.4, 0.5) is 5.69 Å². The zero-order valence-electron chi connectivity index (χ0n) is 15.7. The van der Waals surface area contributed by atoms with E-state index in [2.05, 4.69) is 15.5 Å². The maximum absolute atomic E-state index is 12.3. The van der Waals surface area contributed by atoms with Gasteiger partial charge in [0.25, 0.3) is 0 Å². The summed E-state index contributed by atoms with van der Waals surface area (Å²) >= 11 is 25.2. The number of carbonyl (C=O) groups excluding carboxylic acids is 1. The van der Waals surface area contributed by atoms with Crippen LogP contribution in [-0.2, 0) is 17.9 Å². The predicted octanol–water partition coefficient (Wildman–Crippen LogP) is 6.22. The fourth-order valence-electron chi connectivity index (χ4n) is 2.54. The molecule has 3 rings (SSSR count). The number of anilines is 1. The fraction of sp³-hybridized carbons (Fsp3) is 0.211. The van der Waals surface area contributed by atoms with Gasteiger partial charge in [-0.25, -0.2) is 0 Å². The van der Waals surface area contributed by atoms with E-state index >= 15 is 0 Å². The highest BCUT2D eigenvalue weighted by molar-refractivity contribution is 7.99. The number of hydrogen-bond donors (Lipinski definition) is 1. The summed E-state index contributed by atoms with van der Waals surface area (Å²) in [6.45, 7) is 2.75. The molecule has 0 spiro atoms. The predicted molar refractivity (Wildman–Crippen MR) is 122 cm³/mol. The van der Waals surface area contributed by atoms with Crippen LogP contribution < -0.4 is 10.1 Å². The molecule has 1 aromatic heterocycles. The molecule has 0 fully saturated rings. The SMILES string of the molecule is CCn1c(COc2ccc(Cl)cc2Cl)nnc1SCC(=O)Nc1cc(Cl)cc(Cl)c1. The van der Waals surface area contributed by atoms with E-state index in [0.29, 0.717) is 49.1 Å². The largest absolute Gasteiger partial charge is 0.484 e. The van der Waals surface area contributed by atoms with Crippen molar-refractivity contribution in [3.8, 4) is 5.75 Å². The number of aromatic nitrogens is 3. The third-order valence-corrected chi connectivity index (χ3v) is 5.77. The highest BCUT2D eigenvalue weighted by Gasteiger charge is 2.15. The van der Waals surface area contributed by atoms with Crippen LogP contribution in [-0.4, -0.2) is 26.4 Å². The van der Waals surface area contributed by atoms with E-state index in [9.17, 15) is 4.79 Å². The van der Waals surface area contributed by atoms with Crippen molar-refractivity contribution >= 4 is 69.8 Å². The van der Waals surface area contributed by atoms with Crippen molar-refractivity contribution in [1.82, 2.24) is 14.8 Å². The van der Waals surface area contributed by atoms with Crippen LogP contribution in [0.1, 0.15) is 12.7 Å². The molecule has 158 valence electrons. The van der Waals surface area contributed by atoms with E-state index in [1.165, 1.54) is 11.8 Å². The van der Waals surface area contributed by atoms with Crippen molar-refractivity contribution in [3.63, 3.8) is 0 Å². The molecule has 1 N–H and O–H groups in total. The van der Waals surface area contributed by atoms with Crippen LogP contribution in [0.5, 0.6) is 5.75 Å². The minimum absolute atomic E-state index is 0.145. The lowest BCUT2D eigenvalue weighted by atomic mass is 10.3. The molecule has 0 aliphatic carbocycles. The molecule has 0 atom stereocenters. The second kappa shape index (κ2) is 10.6. The molecule has 6 nitrogen and oxygen atoms in total. The topological polar surface area (TPSA) is 69.0 Å². The maximum atomic E-state index is 12.3. The minimum atomic E-state index is -0.213. The Morgan fingerprint density at radius 3 is 2.47 bits per heavy atom. The van der Waals surface area contributed by atoms with Gasteiger partial charge in [0.1, 0.15) is 12.4 Å². The summed E-state index contributed by atoms with van der Waals surface area (Å²) in [5.74, 6) is 1.05. The normalized spacial score (nSPS) is 10.8. The van der Waals surface area contributed by atoms with Crippen molar-refractivity contribution < 1.29 is 9.53 Å². The monoisotopic (exact) mass is 504 g/mol. The van der Waals surface area contributed by atoms with Crippen LogP contribution in [0, 0.1) is 0 Å². The molecule has 0 bridgehead atoms. The maximum Gasteiger partial charge on any atom is 0.234 e. The number of nitrogens with zero attached hydrogens (tertiary/aromatic N) is 3. The average Bonchev–Trinajstić information content (AvgIpc) is 3.06. The van der Waals surface area contributed by atoms with E-state index < -0.39 is 0 Å². The number of nitrogens with one attached hydrogen (secondary N) is 1. The van der Waals surface area contributed by atoms with E-state index in [1.54, 1.807) is 36.4 Å². The summed E-state index contributed by atoms with van der Waals surface area (Å²) < 4.78 is 7.61. The van der Waals surface area contributed by atoms with Gasteiger partial charge in [-0.3, -0.25) is 4.79 Å². The molecule has 30 heavy (non-hydrogen) atoms. The molecule has 0 saturated carbocycles. The van der Waals surface area contributed by atoms with Crippen LogP contribution >= 0.6 is 58.2 Å². The number of ether oxygens (including phenoxy) is 1. The van der Waals surface area contributed by atoms with Crippen LogP contribution in [0.15, 0.2) is 41.6 Å². The first kappa shape index (κ1) is 23.0. The van der Waals surface area contributed by atoms with Gasteiger partial charge in [-0.1, -0.05) is 58.2 Å². The first-order valence-electron chi connectivity index (χ1n) is 8.74. The Kier molecular flexibility index (Phi) is 8.13. The standard InChI is InChI=1S/C19H16Cl4N4O2S/c1-2-27-17(9-29-16-4-3-11(20)8-15(16)23)25-26-19(27)30-10-18(28)24-14-6-12(21)5-13(22)7-14/h3-8H,2,9-10H2,1H3,(H,24,28). The quantitative estimate of drug-likeness (QED) is 0.368. The van der Waals surface area contributed by atoms with Gasteiger partial charge < -0.3 is 14.6 Å². The van der Waals surface area contributed by atoms with Gasteiger partial charge in [0.15, 0.2) is 11.0 Å². The molecule has 2 aromatic carbocycles. The lowest BCUT2D eigenvalue weighted by Crippen LogP contribution is -2.15. The first-order chi connectivity index (χ1) is 14.4. The zero-order chi connectivity index (χ0) is 21.7. The Labute approximate surface area is 197 Å². The fourth-order valence-corrected chi connectivity index (χ4v) is 4.35. The molecule has 11 heteroatoms. The lowest BCUT2D eigenvalue weighted by Gasteiger charge is -2.10. The molecule has 0 aliphatic rings. The Bertz CT molecular complexity index is 1040. The first-order valence-corrected chi connectivity index (χ1v) is 11.2. The smallest absolute Gasteiger partial charge is 0.234 e. The molecule has 0 unspecified atom stereocenters. The molecule has 1 heterocycles. The summed E-state index contributed by atoms with van der Waals surface area (Å²) in [6.07, 6.45) is 0. The number of amides is 1. The highest BCUT2D eigenvalue weighted by atomic mass is 35.5. The Morgan fingerprint density at radius 2 is 1.80 bits per heavy atom. The number of benzene rings is 2. The summed E-state index contributed by atoms with van der Waals surface area (Å²) in [6, 6.07) is 9.84. The number of carbonyl (C=O) groups is 1. The van der Waals surface area contributed by atoms with Gasteiger partial charge in [-0.05, 0) is 43.3 Å². The molecule has 1 amide bonds. The van der Waals surface area contributed by atoms with Gasteiger partial charge in [-0.15, -0.1) is 10.2 Å². The second-order valence-corrected chi connectivity index (χ2v) is 8.66. The molecule has 3 aromatic rings. The Balaban J connectivity index is 1.60. The molecular weight excluding hydrogens is 490 g/mol. The third-order valence-electron chi connectivity index (χ3n) is 3.84. The lowest BCUT2D eigenvalue weighted by molar-refractivity contribution is -0.113. The van der Waals surface area contributed by atoms with Gasteiger partial charge in [-0.2, -0.15) is 0 Å². The summed E-state index contributed by atoms with van der Waals surface area (Å²) in [7, 11) is 0. The van der Waals surface area contributed by atoms with Crippen molar-refractivity contribution in [2.75, 3.05) is 11.1 Å². The van der Waals surface area contributed by atoms with E-state index in [-0.39, 0.29) is 18.3 Å². The number of hydrogen-bond acceptors (Lipinski definition) is 5. The third kappa shape index (κ3) is 6.18. The Hall–Kier alpha value is -1.64. The van der Waals surface area contributed by atoms with Crippen molar-refractivity contribution in [2.24, 2.45) is 0 Å². The van der Waals surface area contributed by atoms with Crippen LogP contribution in [0.25, 0.3) is 0 Å². The van der Waals surface area contributed by atoms with Crippen molar-refractivity contribution in [2.45, 2.75) is 25.2 Å². The molecule has 0 saturated heterocycles. The number of halogens is 4. The van der Waals surface area contributed by atoms with Gasteiger partial charge in [0, 0.05) is 27.3 Å². The second-order valence-electron chi connectivity index (χ2n) is 6.00. The summed E-state index contributed by atoms with van der Waals surface area (Å²) in [5.41, 5.74) is 0.531. The van der Waals surface area contributed by atoms with Gasteiger partial charge in [0.05, 0.1) is 10.8 Å². The average molecular weight is 506 g/mol. The summed E-state index contributed by atoms with van der Waals surface area (Å²) in [5, 5.41) is 13.5. The molecule has 0 aliphatic heterocycles. The van der Waals surface area contributed by atoms with Crippen molar-refractivity contribution in [3.05, 3.63) is 62.3 Å². The summed E-state index contributed by atoms with van der Waals surface area (Å²) in [4.78, 5) is 12.3. The minimum Gasteiger partial charge on any atom is -0.484 e. The zero-order valence-corrected chi connectivity index (χ0v) is 19.5. The molecule has 0 radical (unpaired) electrons. The highest BCUT2D eigenvalue weighted by Crippen LogP contribution is 2.28. The Morgan fingerprint density at radius 1 is 1.07 bits per heavy atom. The van der Waals surface area contributed by atoms with Gasteiger partial charge in [0.2, 0.25) is 5.91 Å². The van der Waals surface area contributed by atoms with E-state index in [1.807, 2.05) is 11.5 Å². The number of rotatable bonds is 8. The number of thioether (sulfide) groups is 1. The van der Waals surface area contributed by atoms with Crippen LogP contribution in [0.2, 0.25) is 20.1 Å². The van der Waals surface area contributed by atoms with E-state index in [0.717, 1.165) is 0 Å².